The average molecular weight is 847 g/mol. The molecule has 0 saturated carbocycles. The number of nitrogens with two attached hydrogens (primary N) is 1. The lowest BCUT2D eigenvalue weighted by atomic mass is 9.70. The third-order valence-corrected chi connectivity index (χ3v) is 12.6. The number of nitriles is 1. The minimum atomic E-state index is -0.655. The van der Waals surface area contributed by atoms with Gasteiger partial charge in [-0.3, -0.25) is 14.4 Å². The Morgan fingerprint density at radius 2 is 1.85 bits per heavy atom. The molecule has 2 saturated heterocycles. The number of ether oxygens (including phenoxy) is 1. The molecule has 330 valence electrons. The van der Waals surface area contributed by atoms with Crippen molar-refractivity contribution in [2.75, 3.05) is 56.4 Å². The molecule has 0 bridgehead atoms. The summed E-state index contributed by atoms with van der Waals surface area (Å²) in [6.07, 6.45) is 7.11. The van der Waals surface area contributed by atoms with Crippen LogP contribution in [-0.2, 0) is 32.7 Å². The molecule has 5 N–H and O–H groups in total. The second-order valence-electron chi connectivity index (χ2n) is 18.6. The fraction of sp³-hybridized carbons (Fsp3) is 0.532. The molecule has 2 aromatic carbocycles. The second kappa shape index (κ2) is 18.2. The van der Waals surface area contributed by atoms with Gasteiger partial charge in [-0.1, -0.05) is 26.8 Å². The molecule has 2 fully saturated rings. The monoisotopic (exact) mass is 846 g/mol. The van der Waals surface area contributed by atoms with Gasteiger partial charge in [0.05, 0.1) is 17.2 Å². The van der Waals surface area contributed by atoms with Gasteiger partial charge >= 0.3 is 6.09 Å². The third kappa shape index (κ3) is 9.75. The first-order valence-corrected chi connectivity index (χ1v) is 22.1. The molecule has 0 spiro atoms. The quantitative estimate of drug-likeness (QED) is 0.124. The zero-order valence-corrected chi connectivity index (χ0v) is 37.1. The van der Waals surface area contributed by atoms with Crippen LogP contribution < -0.4 is 21.3 Å². The highest BCUT2D eigenvalue weighted by Crippen LogP contribution is 2.46. The van der Waals surface area contributed by atoms with Gasteiger partial charge in [0.2, 0.25) is 11.8 Å². The summed E-state index contributed by atoms with van der Waals surface area (Å²) >= 11 is 0. The third-order valence-electron chi connectivity index (χ3n) is 12.6. The molecule has 2 atom stereocenters. The molecule has 4 aromatic rings. The lowest BCUT2D eigenvalue weighted by molar-refractivity contribution is -0.131. The molecule has 0 unspecified atom stereocenters. The van der Waals surface area contributed by atoms with E-state index >= 15 is 0 Å². The minimum Gasteiger partial charge on any atom is -0.444 e. The molecule has 15 nitrogen and oxygen atoms in total. The maximum absolute atomic E-state index is 14.1. The molecule has 3 amide bonds. The number of carbonyl (C=O) groups excluding carboxylic acids is 4. The van der Waals surface area contributed by atoms with Crippen LogP contribution in [0.5, 0.6) is 0 Å². The van der Waals surface area contributed by atoms with Crippen molar-refractivity contribution in [2.24, 2.45) is 0 Å². The molecule has 1 aliphatic carbocycles. The van der Waals surface area contributed by atoms with Crippen LogP contribution in [0.25, 0.3) is 10.9 Å². The van der Waals surface area contributed by atoms with E-state index in [2.05, 4.69) is 69.4 Å². The van der Waals surface area contributed by atoms with Crippen LogP contribution in [-0.4, -0.2) is 112 Å². The highest BCUT2D eigenvalue weighted by Gasteiger charge is 2.41. The topological polar surface area (TPSA) is 195 Å². The van der Waals surface area contributed by atoms with Crippen LogP contribution in [0.4, 0.5) is 16.4 Å². The number of H-pyrrole nitrogens is 1. The average Bonchev–Trinajstić information content (AvgIpc) is 3.97. The summed E-state index contributed by atoms with van der Waals surface area (Å²) < 4.78 is 7.31. The summed E-state index contributed by atoms with van der Waals surface area (Å²) in [6, 6.07) is 11.5. The molecule has 4 heterocycles. The van der Waals surface area contributed by atoms with Gasteiger partial charge in [-0.25, -0.2) is 9.78 Å². The van der Waals surface area contributed by atoms with E-state index < -0.39 is 23.2 Å². The number of imidazole rings is 1. The van der Waals surface area contributed by atoms with Crippen LogP contribution in [0, 0.1) is 11.3 Å². The van der Waals surface area contributed by atoms with E-state index in [0.29, 0.717) is 69.1 Å². The van der Waals surface area contributed by atoms with E-state index in [4.69, 9.17) is 10.5 Å². The van der Waals surface area contributed by atoms with Crippen LogP contribution in [0.1, 0.15) is 118 Å². The first kappa shape index (κ1) is 44.2. The minimum absolute atomic E-state index is 0.00152. The Labute approximate surface area is 364 Å². The first-order chi connectivity index (χ1) is 29.5. The Bertz CT molecular complexity index is 2360. The SMILES string of the molecule is CCc1cc2c(cc1N1CCN(C(=O)CCCN3CC[C@@H](NC(=O)C[C@H](CCCn4ccnc4N)NC(=O)OC(C)(C)C)C3)CC1)C(C)(C)c1[nH]c3cc(C#N)ccc3c1C2=O. The number of piperazine rings is 1. The van der Waals surface area contributed by atoms with Gasteiger partial charge in [0.1, 0.15) is 5.60 Å². The second-order valence-corrected chi connectivity index (χ2v) is 18.6. The van der Waals surface area contributed by atoms with Crippen molar-refractivity contribution in [2.45, 2.75) is 116 Å². The Morgan fingerprint density at radius 1 is 1.08 bits per heavy atom. The molecule has 62 heavy (non-hydrogen) atoms. The summed E-state index contributed by atoms with van der Waals surface area (Å²) in [6.45, 7) is 17.5. The van der Waals surface area contributed by atoms with Gasteiger partial charge in [-0.05, 0) is 94.8 Å². The van der Waals surface area contributed by atoms with Gasteiger partial charge in [-0.2, -0.15) is 5.26 Å². The van der Waals surface area contributed by atoms with Crippen molar-refractivity contribution in [3.63, 3.8) is 0 Å². The number of carbonyl (C=O) groups is 4. The maximum Gasteiger partial charge on any atom is 0.407 e. The Kier molecular flexibility index (Phi) is 13.0. The van der Waals surface area contributed by atoms with Crippen molar-refractivity contribution >= 4 is 46.2 Å². The van der Waals surface area contributed by atoms with Crippen LogP contribution in [0.15, 0.2) is 42.7 Å². The number of aromatic nitrogens is 3. The number of benzene rings is 2. The molecular weight excluding hydrogens is 785 g/mol. The Morgan fingerprint density at radius 3 is 2.55 bits per heavy atom. The van der Waals surface area contributed by atoms with Gasteiger partial charge in [0.15, 0.2) is 11.7 Å². The normalized spacial score (nSPS) is 18.0. The fourth-order valence-electron chi connectivity index (χ4n) is 9.37. The smallest absolute Gasteiger partial charge is 0.407 e. The lowest BCUT2D eigenvalue weighted by Gasteiger charge is -2.39. The number of rotatable bonds is 14. The number of nitrogens with zero attached hydrogens (tertiary/aromatic N) is 6. The summed E-state index contributed by atoms with van der Waals surface area (Å²) in [5.41, 5.74) is 11.7. The number of amides is 3. The molecule has 0 radical (unpaired) electrons. The largest absolute Gasteiger partial charge is 0.444 e. The maximum atomic E-state index is 14.1. The fourth-order valence-corrected chi connectivity index (χ4v) is 9.37. The predicted octanol–water partition coefficient (Wildman–Crippen LogP) is 5.63. The van der Waals surface area contributed by atoms with Crippen LogP contribution in [0.3, 0.4) is 0 Å². The zero-order chi connectivity index (χ0) is 44.3. The Balaban J connectivity index is 0.875. The summed E-state index contributed by atoms with van der Waals surface area (Å²) in [5, 5.41) is 16.4. The number of fused-ring (bicyclic) bond motifs is 4. The highest BCUT2D eigenvalue weighted by molar-refractivity contribution is 6.20. The predicted molar refractivity (Wildman–Crippen MR) is 239 cm³/mol. The summed E-state index contributed by atoms with van der Waals surface area (Å²) in [5.74, 6) is 0.476. The van der Waals surface area contributed by atoms with Gasteiger partial charge < -0.3 is 45.4 Å². The van der Waals surface area contributed by atoms with E-state index in [1.807, 2.05) is 21.6 Å². The highest BCUT2D eigenvalue weighted by atomic mass is 16.6. The summed E-state index contributed by atoms with van der Waals surface area (Å²) in [4.78, 5) is 67.6. The number of likely N-dealkylation sites (tertiary alicyclic amines) is 1. The van der Waals surface area contributed by atoms with Crippen molar-refractivity contribution in [3.05, 3.63) is 76.2 Å². The Hall–Kier alpha value is -5.88. The van der Waals surface area contributed by atoms with Gasteiger partial charge in [-0.15, -0.1) is 0 Å². The number of aromatic amines is 1. The number of anilines is 2. The van der Waals surface area contributed by atoms with Crippen LogP contribution in [0.2, 0.25) is 0 Å². The summed E-state index contributed by atoms with van der Waals surface area (Å²) in [7, 11) is 0. The number of nitrogen functional groups attached to an aromatic ring is 1. The molecule has 3 aliphatic rings. The molecule has 7 rings (SSSR count). The molecular formula is C47H62N10O5. The number of hydrogen-bond donors (Lipinski definition) is 4. The molecule has 2 aromatic heterocycles. The molecule has 2 aliphatic heterocycles. The number of nitrogens with one attached hydrogen (secondary N) is 3. The molecule has 15 heteroatoms. The van der Waals surface area contributed by atoms with Gasteiger partial charge in [0.25, 0.3) is 0 Å². The van der Waals surface area contributed by atoms with E-state index in [1.165, 1.54) is 0 Å². The number of aryl methyl sites for hydroxylation is 2. The first-order valence-electron chi connectivity index (χ1n) is 22.1. The van der Waals surface area contributed by atoms with Crippen molar-refractivity contribution in [1.82, 2.24) is 35.0 Å². The van der Waals surface area contributed by atoms with Crippen molar-refractivity contribution in [1.29, 1.82) is 5.26 Å². The van der Waals surface area contributed by atoms with E-state index in [9.17, 15) is 24.4 Å². The van der Waals surface area contributed by atoms with E-state index in [-0.39, 0.29) is 30.1 Å². The number of ketones is 1. The van der Waals surface area contributed by atoms with Crippen molar-refractivity contribution < 1.29 is 23.9 Å². The van der Waals surface area contributed by atoms with Crippen molar-refractivity contribution in [3.8, 4) is 6.07 Å². The number of hydrogen-bond acceptors (Lipinski definition) is 10. The number of alkyl carbamates (subject to hydrolysis) is 1. The van der Waals surface area contributed by atoms with Crippen LogP contribution >= 0.6 is 0 Å². The zero-order valence-electron chi connectivity index (χ0n) is 37.1. The van der Waals surface area contributed by atoms with E-state index in [0.717, 1.165) is 77.9 Å². The standard InChI is InChI=1S/C47H62N10O5/c1-7-31-25-35-36(47(5,6)43-41(42(35)60)34-13-12-30(28-48)24-37(34)53-43)27-38(31)55-20-22-56(23-21-55)40(59)11-9-16-54-18-14-33(29-54)51-39(58)26-32(52-45(61)62-46(2,3)4)10-8-17-57-19-15-50-44(57)49/h12-13,15,19,24-25,27,32-33,53H,7-11,14,16-18,20-23,26,29H2,1-6H3,(H2,49,50)(H,51,58)(H,52,61)/t32-,33+/m0/s1. The lowest BCUT2D eigenvalue weighted by Crippen LogP contribution is -2.49. The van der Waals surface area contributed by atoms with E-state index in [1.54, 1.807) is 39.2 Å². The van der Waals surface area contributed by atoms with Gasteiger partial charge in [0, 0.05) is 116 Å².